The van der Waals surface area contributed by atoms with E-state index in [-0.39, 0.29) is 11.9 Å². The summed E-state index contributed by atoms with van der Waals surface area (Å²) in [6, 6.07) is 4.57. The van der Waals surface area contributed by atoms with Crippen molar-refractivity contribution in [1.82, 2.24) is 20.9 Å². The van der Waals surface area contributed by atoms with Crippen LogP contribution in [0.5, 0.6) is 0 Å². The molecule has 0 spiro atoms. The van der Waals surface area contributed by atoms with Crippen molar-refractivity contribution in [3.8, 4) is 0 Å². The maximum Gasteiger partial charge on any atom is 0.321 e. The molecule has 19 heavy (non-hydrogen) atoms. The fraction of sp³-hybridized carbons (Fsp3) is 0.462. The molecule has 0 aliphatic rings. The van der Waals surface area contributed by atoms with Crippen molar-refractivity contribution >= 4 is 11.9 Å². The molecule has 0 aliphatic heterocycles. The third-order valence-electron chi connectivity index (χ3n) is 2.60. The van der Waals surface area contributed by atoms with E-state index in [1.807, 2.05) is 25.1 Å². The molecule has 3 N–H and O–H groups in total. The predicted octanol–water partition coefficient (Wildman–Crippen LogP) is 0.966. The highest BCUT2D eigenvalue weighted by Crippen LogP contribution is 2.08. The minimum absolute atomic E-state index is 0.0730. The Morgan fingerprint density at radius 3 is 2.63 bits per heavy atom. The Morgan fingerprint density at radius 2 is 2.05 bits per heavy atom. The van der Waals surface area contributed by atoms with Gasteiger partial charge in [-0.2, -0.15) is 0 Å². The van der Waals surface area contributed by atoms with Crippen LogP contribution in [0.25, 0.3) is 0 Å². The fourth-order valence-corrected chi connectivity index (χ4v) is 1.59. The molecule has 6 heteroatoms. The molecule has 3 amide bonds. The number of carbonyl (C=O) groups excluding carboxylic acids is 2. The van der Waals surface area contributed by atoms with Crippen LogP contribution in [0.15, 0.2) is 24.4 Å². The summed E-state index contributed by atoms with van der Waals surface area (Å²) in [5, 5.41) is 7.86. The lowest BCUT2D eigenvalue weighted by Gasteiger charge is -2.18. The van der Waals surface area contributed by atoms with Gasteiger partial charge in [0.1, 0.15) is 0 Å². The average molecular weight is 264 g/mol. The number of urea groups is 1. The first-order valence-corrected chi connectivity index (χ1v) is 6.30. The van der Waals surface area contributed by atoms with Gasteiger partial charge in [0.2, 0.25) is 5.91 Å². The zero-order valence-electron chi connectivity index (χ0n) is 11.4. The molecule has 104 valence electrons. The van der Waals surface area contributed by atoms with Gasteiger partial charge in [-0.1, -0.05) is 6.07 Å². The summed E-state index contributed by atoms with van der Waals surface area (Å²) in [6.45, 7) is 5.88. The molecule has 1 aromatic rings. The van der Waals surface area contributed by atoms with E-state index in [9.17, 15) is 9.59 Å². The number of hydrogen-bond acceptors (Lipinski definition) is 4. The Kier molecular flexibility index (Phi) is 5.95. The maximum absolute atomic E-state index is 11.7. The van der Waals surface area contributed by atoms with Crippen LogP contribution in [0, 0.1) is 0 Å². The van der Waals surface area contributed by atoms with Gasteiger partial charge in [0.25, 0.3) is 0 Å². The SMILES string of the molecule is CCNC(=O)NC(=O)C(C)NC(C)c1ccccn1. The largest absolute Gasteiger partial charge is 0.338 e. The van der Waals surface area contributed by atoms with Crippen LogP contribution < -0.4 is 16.0 Å². The molecule has 0 saturated carbocycles. The van der Waals surface area contributed by atoms with E-state index in [4.69, 9.17) is 0 Å². The second-order valence-corrected chi connectivity index (χ2v) is 4.21. The molecule has 2 atom stereocenters. The van der Waals surface area contributed by atoms with Crippen LogP contribution in [0.3, 0.4) is 0 Å². The Balaban J connectivity index is 2.48. The fourth-order valence-electron chi connectivity index (χ4n) is 1.59. The zero-order chi connectivity index (χ0) is 14.3. The van der Waals surface area contributed by atoms with Crippen molar-refractivity contribution in [2.45, 2.75) is 32.9 Å². The van der Waals surface area contributed by atoms with Crippen molar-refractivity contribution in [2.75, 3.05) is 6.54 Å². The van der Waals surface area contributed by atoms with Crippen molar-refractivity contribution < 1.29 is 9.59 Å². The Hall–Kier alpha value is -1.95. The Labute approximate surface area is 113 Å². The number of aromatic nitrogens is 1. The quantitative estimate of drug-likeness (QED) is 0.740. The van der Waals surface area contributed by atoms with Gasteiger partial charge >= 0.3 is 6.03 Å². The van der Waals surface area contributed by atoms with Crippen LogP contribution in [-0.4, -0.2) is 29.5 Å². The maximum atomic E-state index is 11.7. The van der Waals surface area contributed by atoms with Gasteiger partial charge in [0.05, 0.1) is 11.7 Å². The standard InChI is InChI=1S/C13H20N4O2/c1-4-14-13(19)17-12(18)10(3)16-9(2)11-7-5-6-8-15-11/h5-10,16H,4H2,1-3H3,(H2,14,17,18,19). The van der Waals surface area contributed by atoms with E-state index in [0.29, 0.717) is 6.54 Å². The Morgan fingerprint density at radius 1 is 1.32 bits per heavy atom. The minimum Gasteiger partial charge on any atom is -0.338 e. The molecule has 1 rings (SSSR count). The van der Waals surface area contributed by atoms with Crippen LogP contribution in [-0.2, 0) is 4.79 Å². The summed E-state index contributed by atoms with van der Waals surface area (Å²) in [4.78, 5) is 27.2. The van der Waals surface area contributed by atoms with Crippen molar-refractivity contribution in [2.24, 2.45) is 0 Å². The summed E-state index contributed by atoms with van der Waals surface area (Å²) in [5.74, 6) is -0.367. The van der Waals surface area contributed by atoms with Gasteiger partial charge in [-0.25, -0.2) is 4.79 Å². The van der Waals surface area contributed by atoms with E-state index in [1.54, 1.807) is 20.0 Å². The van der Waals surface area contributed by atoms with Gasteiger partial charge in [0.15, 0.2) is 0 Å². The molecule has 0 saturated heterocycles. The lowest BCUT2D eigenvalue weighted by atomic mass is 10.2. The molecule has 0 aliphatic carbocycles. The third kappa shape index (κ3) is 5.05. The third-order valence-corrected chi connectivity index (χ3v) is 2.60. The first-order chi connectivity index (χ1) is 9.04. The summed E-state index contributed by atoms with van der Waals surface area (Å²) in [7, 11) is 0. The first-order valence-electron chi connectivity index (χ1n) is 6.30. The number of hydrogen-bond donors (Lipinski definition) is 3. The van der Waals surface area contributed by atoms with Gasteiger partial charge in [-0.05, 0) is 32.9 Å². The van der Waals surface area contributed by atoms with E-state index in [0.717, 1.165) is 5.69 Å². The molecule has 0 fully saturated rings. The molecule has 6 nitrogen and oxygen atoms in total. The van der Waals surface area contributed by atoms with E-state index in [1.165, 1.54) is 0 Å². The highest BCUT2D eigenvalue weighted by atomic mass is 16.2. The topological polar surface area (TPSA) is 83.1 Å². The molecule has 1 heterocycles. The second kappa shape index (κ2) is 7.48. The van der Waals surface area contributed by atoms with Crippen LogP contribution >= 0.6 is 0 Å². The van der Waals surface area contributed by atoms with Crippen LogP contribution in [0.1, 0.15) is 32.5 Å². The number of carbonyl (C=O) groups is 2. The molecule has 0 aromatic carbocycles. The summed E-state index contributed by atoms with van der Waals surface area (Å²) in [6.07, 6.45) is 1.70. The van der Waals surface area contributed by atoms with E-state index < -0.39 is 12.1 Å². The van der Waals surface area contributed by atoms with Gasteiger partial charge in [-0.3, -0.25) is 20.4 Å². The minimum atomic E-state index is -0.486. The smallest absolute Gasteiger partial charge is 0.321 e. The molecular formula is C13H20N4O2. The van der Waals surface area contributed by atoms with Crippen LogP contribution in [0.2, 0.25) is 0 Å². The van der Waals surface area contributed by atoms with Gasteiger partial charge in [0, 0.05) is 18.8 Å². The normalized spacial score (nSPS) is 13.4. The lowest BCUT2D eigenvalue weighted by Crippen LogP contribution is -2.48. The molecule has 0 bridgehead atoms. The first kappa shape index (κ1) is 15.1. The van der Waals surface area contributed by atoms with Crippen molar-refractivity contribution in [1.29, 1.82) is 0 Å². The molecule has 0 radical (unpaired) electrons. The number of amides is 3. The zero-order valence-corrected chi connectivity index (χ0v) is 11.4. The summed E-state index contributed by atoms with van der Waals surface area (Å²) < 4.78 is 0. The summed E-state index contributed by atoms with van der Waals surface area (Å²) in [5.41, 5.74) is 0.847. The average Bonchev–Trinajstić information content (AvgIpc) is 2.39. The molecule has 1 aromatic heterocycles. The molecular weight excluding hydrogens is 244 g/mol. The number of pyridine rings is 1. The van der Waals surface area contributed by atoms with Gasteiger partial charge < -0.3 is 5.32 Å². The number of nitrogens with zero attached hydrogens (tertiary/aromatic N) is 1. The lowest BCUT2D eigenvalue weighted by molar-refractivity contribution is -0.121. The number of nitrogens with one attached hydrogen (secondary N) is 3. The van der Waals surface area contributed by atoms with E-state index in [2.05, 4.69) is 20.9 Å². The molecule has 2 unspecified atom stereocenters. The number of rotatable bonds is 5. The van der Waals surface area contributed by atoms with Crippen LogP contribution in [0.4, 0.5) is 4.79 Å². The second-order valence-electron chi connectivity index (χ2n) is 4.21. The van der Waals surface area contributed by atoms with Gasteiger partial charge in [-0.15, -0.1) is 0 Å². The number of imide groups is 1. The Bertz CT molecular complexity index is 422. The highest BCUT2D eigenvalue weighted by molar-refractivity contribution is 5.96. The summed E-state index contributed by atoms with van der Waals surface area (Å²) >= 11 is 0. The monoisotopic (exact) mass is 264 g/mol. The van der Waals surface area contributed by atoms with Crippen molar-refractivity contribution in [3.63, 3.8) is 0 Å². The highest BCUT2D eigenvalue weighted by Gasteiger charge is 2.18. The van der Waals surface area contributed by atoms with E-state index >= 15 is 0 Å². The van der Waals surface area contributed by atoms with Crippen molar-refractivity contribution in [3.05, 3.63) is 30.1 Å². The predicted molar refractivity (Wildman–Crippen MR) is 72.5 cm³/mol.